The number of hydrogen-bond acceptors (Lipinski definition) is 3. The summed E-state index contributed by atoms with van der Waals surface area (Å²) in [6.45, 7) is 0. The maximum absolute atomic E-state index is 6.08. The van der Waals surface area contributed by atoms with Crippen molar-refractivity contribution in [2.24, 2.45) is 0 Å². The van der Waals surface area contributed by atoms with E-state index in [9.17, 15) is 0 Å². The van der Waals surface area contributed by atoms with E-state index in [0.717, 1.165) is 27.2 Å². The normalized spacial score (nSPS) is 10.6. The minimum absolute atomic E-state index is 0.593. The number of ether oxygens (including phenoxy) is 1. The maximum Gasteiger partial charge on any atom is 0.127 e. The fourth-order valence-electron chi connectivity index (χ4n) is 2.11. The zero-order valence-electron chi connectivity index (χ0n) is 11.5. The molecule has 4 nitrogen and oxygen atoms in total. The fraction of sp³-hybridized carbons (Fsp3) is 0.0625. The van der Waals surface area contributed by atoms with Crippen molar-refractivity contribution in [3.8, 4) is 22.7 Å². The number of methoxy groups -OCH3 is 1. The Kier molecular flexibility index (Phi) is 3.66. The molecule has 0 aliphatic heterocycles. The molecule has 3 rings (SSSR count). The Labute approximate surface area is 131 Å². The highest BCUT2D eigenvalue weighted by Crippen LogP contribution is 2.25. The number of rotatable bonds is 3. The molecule has 0 saturated carbocycles. The SMILES string of the molecule is COc1ccc(-n2nc(-c3cccc(Br)c3)cc2N)cc1. The van der Waals surface area contributed by atoms with Crippen LogP contribution in [0.15, 0.2) is 59.1 Å². The van der Waals surface area contributed by atoms with Gasteiger partial charge in [0.25, 0.3) is 0 Å². The monoisotopic (exact) mass is 343 g/mol. The number of aromatic nitrogens is 2. The second-order valence-electron chi connectivity index (χ2n) is 4.57. The van der Waals surface area contributed by atoms with Gasteiger partial charge in [0.1, 0.15) is 11.6 Å². The number of nitrogens with two attached hydrogens (primary N) is 1. The molecule has 0 amide bonds. The molecule has 5 heteroatoms. The Morgan fingerprint density at radius 3 is 2.52 bits per heavy atom. The van der Waals surface area contributed by atoms with Gasteiger partial charge in [0.2, 0.25) is 0 Å². The van der Waals surface area contributed by atoms with Gasteiger partial charge in [0, 0.05) is 16.1 Å². The standard InChI is InChI=1S/C16H14BrN3O/c1-21-14-7-5-13(6-8-14)20-16(18)10-15(19-20)11-3-2-4-12(17)9-11/h2-10H,18H2,1H3. The molecule has 21 heavy (non-hydrogen) atoms. The van der Waals surface area contributed by atoms with Crippen LogP contribution in [0.3, 0.4) is 0 Å². The van der Waals surface area contributed by atoms with Crippen molar-refractivity contribution < 1.29 is 4.74 Å². The molecule has 1 heterocycles. The van der Waals surface area contributed by atoms with Gasteiger partial charge in [-0.25, -0.2) is 4.68 Å². The summed E-state index contributed by atoms with van der Waals surface area (Å²) in [4.78, 5) is 0. The van der Waals surface area contributed by atoms with Crippen LogP contribution in [0.4, 0.5) is 5.82 Å². The third kappa shape index (κ3) is 2.78. The highest BCUT2D eigenvalue weighted by molar-refractivity contribution is 9.10. The van der Waals surface area contributed by atoms with Crippen molar-refractivity contribution in [3.05, 3.63) is 59.1 Å². The first kappa shape index (κ1) is 13.7. The first-order valence-electron chi connectivity index (χ1n) is 6.43. The van der Waals surface area contributed by atoms with E-state index in [1.807, 2.05) is 54.6 Å². The van der Waals surface area contributed by atoms with Gasteiger partial charge in [-0.1, -0.05) is 28.1 Å². The zero-order valence-corrected chi connectivity index (χ0v) is 13.0. The van der Waals surface area contributed by atoms with Gasteiger partial charge >= 0.3 is 0 Å². The van der Waals surface area contributed by atoms with E-state index in [1.165, 1.54) is 0 Å². The van der Waals surface area contributed by atoms with Crippen LogP contribution in [0.5, 0.6) is 5.75 Å². The summed E-state index contributed by atoms with van der Waals surface area (Å²) in [5.41, 5.74) is 8.83. The number of anilines is 1. The molecule has 1 aromatic heterocycles. The second-order valence-corrected chi connectivity index (χ2v) is 5.49. The van der Waals surface area contributed by atoms with Crippen molar-refractivity contribution >= 4 is 21.7 Å². The third-order valence-electron chi connectivity index (χ3n) is 3.17. The van der Waals surface area contributed by atoms with E-state index in [-0.39, 0.29) is 0 Å². The molecule has 0 saturated heterocycles. The smallest absolute Gasteiger partial charge is 0.127 e. The molecular formula is C16H14BrN3O. The summed E-state index contributed by atoms with van der Waals surface area (Å²) in [6.07, 6.45) is 0. The zero-order chi connectivity index (χ0) is 14.8. The molecule has 0 unspecified atom stereocenters. The molecule has 0 aliphatic carbocycles. The second kappa shape index (κ2) is 5.61. The van der Waals surface area contributed by atoms with Gasteiger partial charge in [0.15, 0.2) is 0 Å². The lowest BCUT2D eigenvalue weighted by atomic mass is 10.2. The lowest BCUT2D eigenvalue weighted by molar-refractivity contribution is 0.414. The first-order valence-corrected chi connectivity index (χ1v) is 7.22. The summed E-state index contributed by atoms with van der Waals surface area (Å²) in [7, 11) is 1.64. The Morgan fingerprint density at radius 2 is 1.86 bits per heavy atom. The maximum atomic E-state index is 6.08. The molecule has 0 spiro atoms. The van der Waals surface area contributed by atoms with E-state index in [0.29, 0.717) is 5.82 Å². The lowest BCUT2D eigenvalue weighted by Crippen LogP contribution is -2.01. The van der Waals surface area contributed by atoms with Crippen molar-refractivity contribution in [2.45, 2.75) is 0 Å². The minimum Gasteiger partial charge on any atom is -0.497 e. The highest BCUT2D eigenvalue weighted by Gasteiger charge is 2.09. The summed E-state index contributed by atoms with van der Waals surface area (Å²) in [6, 6.07) is 17.5. The molecule has 0 bridgehead atoms. The molecular weight excluding hydrogens is 330 g/mol. The third-order valence-corrected chi connectivity index (χ3v) is 3.67. The number of nitrogen functional groups attached to an aromatic ring is 1. The number of hydrogen-bond donors (Lipinski definition) is 1. The molecule has 106 valence electrons. The summed E-state index contributed by atoms with van der Waals surface area (Å²) >= 11 is 3.47. The van der Waals surface area contributed by atoms with E-state index in [4.69, 9.17) is 10.5 Å². The van der Waals surface area contributed by atoms with Gasteiger partial charge < -0.3 is 10.5 Å². The van der Waals surface area contributed by atoms with Crippen LogP contribution in [-0.4, -0.2) is 16.9 Å². The van der Waals surface area contributed by atoms with Crippen molar-refractivity contribution in [2.75, 3.05) is 12.8 Å². The first-order chi connectivity index (χ1) is 10.2. The van der Waals surface area contributed by atoms with E-state index >= 15 is 0 Å². The molecule has 2 N–H and O–H groups in total. The lowest BCUT2D eigenvalue weighted by Gasteiger charge is -2.05. The van der Waals surface area contributed by atoms with Crippen LogP contribution in [0, 0.1) is 0 Å². The predicted molar refractivity (Wildman–Crippen MR) is 87.7 cm³/mol. The van der Waals surface area contributed by atoms with Crippen LogP contribution < -0.4 is 10.5 Å². The predicted octanol–water partition coefficient (Wildman–Crippen LogP) is 3.89. The quantitative estimate of drug-likeness (QED) is 0.784. The van der Waals surface area contributed by atoms with Crippen molar-refractivity contribution in [1.29, 1.82) is 0 Å². The van der Waals surface area contributed by atoms with Gasteiger partial charge in [-0.3, -0.25) is 0 Å². The number of nitrogens with zero attached hydrogens (tertiary/aromatic N) is 2. The van der Waals surface area contributed by atoms with Gasteiger partial charge in [-0.2, -0.15) is 5.10 Å². The van der Waals surface area contributed by atoms with Gasteiger partial charge in [-0.15, -0.1) is 0 Å². The van der Waals surface area contributed by atoms with Gasteiger partial charge in [0.05, 0.1) is 18.5 Å². The molecule has 3 aromatic rings. The van der Waals surface area contributed by atoms with E-state index in [2.05, 4.69) is 21.0 Å². The minimum atomic E-state index is 0.593. The average molecular weight is 344 g/mol. The number of halogens is 1. The number of benzene rings is 2. The molecule has 0 atom stereocenters. The topological polar surface area (TPSA) is 53.1 Å². The Morgan fingerprint density at radius 1 is 1.10 bits per heavy atom. The largest absolute Gasteiger partial charge is 0.497 e. The fourth-order valence-corrected chi connectivity index (χ4v) is 2.51. The molecule has 0 aliphatic rings. The summed E-state index contributed by atoms with van der Waals surface area (Å²) < 4.78 is 7.89. The average Bonchev–Trinajstić information content (AvgIpc) is 2.89. The van der Waals surface area contributed by atoms with Crippen LogP contribution >= 0.6 is 15.9 Å². The highest BCUT2D eigenvalue weighted by atomic mass is 79.9. The van der Waals surface area contributed by atoms with Crippen LogP contribution in [-0.2, 0) is 0 Å². The Bertz CT molecular complexity index is 765. The van der Waals surface area contributed by atoms with Gasteiger partial charge in [-0.05, 0) is 36.4 Å². The molecule has 0 radical (unpaired) electrons. The van der Waals surface area contributed by atoms with Crippen LogP contribution in [0.25, 0.3) is 16.9 Å². The summed E-state index contributed by atoms with van der Waals surface area (Å²) in [5, 5.41) is 4.58. The molecule has 0 fully saturated rings. The van der Waals surface area contributed by atoms with E-state index < -0.39 is 0 Å². The summed E-state index contributed by atoms with van der Waals surface area (Å²) in [5.74, 6) is 1.40. The Balaban J connectivity index is 2.01. The Hall–Kier alpha value is -2.27. The molecule has 2 aromatic carbocycles. The van der Waals surface area contributed by atoms with Crippen molar-refractivity contribution in [3.63, 3.8) is 0 Å². The van der Waals surface area contributed by atoms with Crippen LogP contribution in [0.1, 0.15) is 0 Å². The van der Waals surface area contributed by atoms with E-state index in [1.54, 1.807) is 11.8 Å². The van der Waals surface area contributed by atoms with Crippen molar-refractivity contribution in [1.82, 2.24) is 9.78 Å². The van der Waals surface area contributed by atoms with Crippen LogP contribution in [0.2, 0.25) is 0 Å².